The molecule has 3 N–H and O–H groups in total. The van der Waals surface area contributed by atoms with Gasteiger partial charge in [-0.3, -0.25) is 4.72 Å². The summed E-state index contributed by atoms with van der Waals surface area (Å²) >= 11 is 3.26. The number of benzene rings is 1. The van der Waals surface area contributed by atoms with Crippen LogP contribution in [0, 0.1) is 0 Å². The molecule has 0 radical (unpaired) electrons. The predicted octanol–water partition coefficient (Wildman–Crippen LogP) is 1.54. The second kappa shape index (κ2) is 4.96. The summed E-state index contributed by atoms with van der Waals surface area (Å²) in [5.41, 5.74) is 5.85. The average Bonchev–Trinajstić information content (AvgIpc) is 2.15. The first kappa shape index (κ1) is 12.5. The average molecular weight is 293 g/mol. The van der Waals surface area contributed by atoms with E-state index in [1.807, 2.05) is 6.07 Å². The highest BCUT2D eigenvalue weighted by Crippen LogP contribution is 2.17. The lowest BCUT2D eigenvalue weighted by Crippen LogP contribution is -2.31. The summed E-state index contributed by atoms with van der Waals surface area (Å²) in [6, 6.07) is 6.96. The number of hydrogen-bond acceptors (Lipinski definition) is 3. The van der Waals surface area contributed by atoms with E-state index < -0.39 is 15.3 Å². The summed E-state index contributed by atoms with van der Waals surface area (Å²) in [5.74, 6) is 0. The summed E-state index contributed by atoms with van der Waals surface area (Å²) in [6.07, 6.45) is 0. The van der Waals surface area contributed by atoms with Crippen LogP contribution in [0.3, 0.4) is 0 Å². The van der Waals surface area contributed by atoms with Crippen LogP contribution in [0.4, 0.5) is 5.69 Å². The van der Waals surface area contributed by atoms with Crippen molar-refractivity contribution in [1.82, 2.24) is 0 Å². The van der Waals surface area contributed by atoms with Crippen LogP contribution in [-0.4, -0.2) is 20.2 Å². The van der Waals surface area contributed by atoms with Gasteiger partial charge in [0.25, 0.3) is 0 Å². The van der Waals surface area contributed by atoms with Gasteiger partial charge in [0.1, 0.15) is 0 Å². The quantitative estimate of drug-likeness (QED) is 0.884. The van der Waals surface area contributed by atoms with Gasteiger partial charge >= 0.3 is 0 Å². The van der Waals surface area contributed by atoms with Crippen LogP contribution in [0.25, 0.3) is 0 Å². The fourth-order valence-electron chi connectivity index (χ4n) is 0.944. The van der Waals surface area contributed by atoms with Gasteiger partial charge < -0.3 is 5.73 Å². The minimum absolute atomic E-state index is 0.101. The van der Waals surface area contributed by atoms with E-state index in [4.69, 9.17) is 5.73 Å². The molecule has 1 aromatic rings. The van der Waals surface area contributed by atoms with Crippen molar-refractivity contribution in [2.75, 3.05) is 11.3 Å². The molecule has 0 heterocycles. The minimum Gasteiger partial charge on any atom is -0.329 e. The lowest BCUT2D eigenvalue weighted by Gasteiger charge is -2.12. The molecule has 0 spiro atoms. The van der Waals surface area contributed by atoms with E-state index in [-0.39, 0.29) is 6.54 Å². The maximum atomic E-state index is 11.6. The number of hydrogen-bond donors (Lipinski definition) is 2. The molecule has 0 aliphatic heterocycles. The molecule has 0 saturated carbocycles. The molecule has 1 atom stereocenters. The first-order chi connectivity index (χ1) is 6.95. The Hall–Kier alpha value is -0.590. The second-order valence-electron chi connectivity index (χ2n) is 3.20. The normalized spacial score (nSPS) is 13.5. The third-order valence-electron chi connectivity index (χ3n) is 1.95. The van der Waals surface area contributed by atoms with E-state index in [2.05, 4.69) is 20.7 Å². The standard InChI is InChI=1S/C9H13BrN2O2S/c1-7(6-11)15(13,14)12-9-4-2-3-8(10)5-9/h2-5,7,12H,6,11H2,1H3. The Kier molecular flexibility index (Phi) is 4.12. The molecular formula is C9H13BrN2O2S. The van der Waals surface area contributed by atoms with E-state index in [0.717, 1.165) is 4.47 Å². The first-order valence-electron chi connectivity index (χ1n) is 4.43. The highest BCUT2D eigenvalue weighted by Gasteiger charge is 2.18. The summed E-state index contributed by atoms with van der Waals surface area (Å²) < 4.78 is 26.6. The van der Waals surface area contributed by atoms with Gasteiger partial charge in [0.2, 0.25) is 10.0 Å². The van der Waals surface area contributed by atoms with E-state index in [1.165, 1.54) is 0 Å². The van der Waals surface area contributed by atoms with Crippen molar-refractivity contribution in [1.29, 1.82) is 0 Å². The number of halogens is 1. The zero-order valence-electron chi connectivity index (χ0n) is 8.27. The number of rotatable bonds is 4. The van der Waals surface area contributed by atoms with Crippen molar-refractivity contribution in [3.05, 3.63) is 28.7 Å². The third kappa shape index (κ3) is 3.48. The highest BCUT2D eigenvalue weighted by atomic mass is 79.9. The molecule has 0 aliphatic rings. The van der Waals surface area contributed by atoms with Gasteiger partial charge in [-0.05, 0) is 25.1 Å². The molecule has 84 valence electrons. The summed E-state index contributed by atoms with van der Waals surface area (Å²) in [5, 5.41) is -0.600. The van der Waals surface area contributed by atoms with E-state index in [0.29, 0.717) is 5.69 Å². The van der Waals surface area contributed by atoms with Crippen molar-refractivity contribution in [3.63, 3.8) is 0 Å². The van der Waals surface area contributed by atoms with Crippen molar-refractivity contribution < 1.29 is 8.42 Å². The minimum atomic E-state index is -3.38. The lowest BCUT2D eigenvalue weighted by molar-refractivity contribution is 0.589. The van der Waals surface area contributed by atoms with Crippen molar-refractivity contribution >= 4 is 31.6 Å². The van der Waals surface area contributed by atoms with Gasteiger partial charge in [-0.2, -0.15) is 0 Å². The Balaban J connectivity index is 2.87. The summed E-state index contributed by atoms with van der Waals surface area (Å²) in [7, 11) is -3.38. The van der Waals surface area contributed by atoms with Crippen molar-refractivity contribution in [2.45, 2.75) is 12.2 Å². The molecule has 0 amide bonds. The molecule has 4 nitrogen and oxygen atoms in total. The molecule has 15 heavy (non-hydrogen) atoms. The van der Waals surface area contributed by atoms with Gasteiger partial charge in [-0.1, -0.05) is 22.0 Å². The van der Waals surface area contributed by atoms with Crippen molar-refractivity contribution in [2.24, 2.45) is 5.73 Å². The fraction of sp³-hybridized carbons (Fsp3) is 0.333. The Morgan fingerprint density at radius 1 is 1.53 bits per heavy atom. The zero-order chi connectivity index (χ0) is 11.5. The number of nitrogens with one attached hydrogen (secondary N) is 1. The summed E-state index contributed by atoms with van der Waals surface area (Å²) in [4.78, 5) is 0. The zero-order valence-corrected chi connectivity index (χ0v) is 10.7. The smallest absolute Gasteiger partial charge is 0.236 e. The van der Waals surface area contributed by atoms with Crippen LogP contribution < -0.4 is 10.5 Å². The SMILES string of the molecule is CC(CN)S(=O)(=O)Nc1cccc(Br)c1. The molecule has 0 aromatic heterocycles. The topological polar surface area (TPSA) is 72.2 Å². The Morgan fingerprint density at radius 2 is 2.20 bits per heavy atom. The lowest BCUT2D eigenvalue weighted by atomic mass is 10.3. The maximum Gasteiger partial charge on any atom is 0.236 e. The Bertz CT molecular complexity index is 433. The highest BCUT2D eigenvalue weighted by molar-refractivity contribution is 9.10. The Labute approximate surface area is 98.0 Å². The van der Waals surface area contributed by atoms with Gasteiger partial charge in [0.15, 0.2) is 0 Å². The first-order valence-corrected chi connectivity index (χ1v) is 6.77. The third-order valence-corrected chi connectivity index (χ3v) is 4.21. The van der Waals surface area contributed by atoms with Crippen molar-refractivity contribution in [3.8, 4) is 0 Å². The molecule has 0 aliphatic carbocycles. The second-order valence-corrected chi connectivity index (χ2v) is 6.22. The molecular weight excluding hydrogens is 280 g/mol. The monoisotopic (exact) mass is 292 g/mol. The maximum absolute atomic E-state index is 11.6. The van der Waals surface area contributed by atoms with E-state index in [1.54, 1.807) is 25.1 Å². The predicted molar refractivity (Wildman–Crippen MR) is 65.2 cm³/mol. The van der Waals surface area contributed by atoms with Gasteiger partial charge in [0, 0.05) is 16.7 Å². The fourth-order valence-corrected chi connectivity index (χ4v) is 2.25. The van der Waals surface area contributed by atoms with Crippen LogP contribution in [0.1, 0.15) is 6.92 Å². The molecule has 0 saturated heterocycles. The molecule has 0 fully saturated rings. The molecule has 1 unspecified atom stereocenters. The Morgan fingerprint density at radius 3 is 2.73 bits per heavy atom. The molecule has 0 bridgehead atoms. The molecule has 6 heteroatoms. The number of anilines is 1. The van der Waals surface area contributed by atoms with E-state index >= 15 is 0 Å². The molecule has 1 aromatic carbocycles. The van der Waals surface area contributed by atoms with Crippen LogP contribution in [0.2, 0.25) is 0 Å². The molecule has 1 rings (SSSR count). The number of sulfonamides is 1. The van der Waals surface area contributed by atoms with Gasteiger partial charge in [-0.25, -0.2) is 8.42 Å². The van der Waals surface area contributed by atoms with Crippen LogP contribution in [-0.2, 0) is 10.0 Å². The largest absolute Gasteiger partial charge is 0.329 e. The van der Waals surface area contributed by atoms with Gasteiger partial charge in [0.05, 0.1) is 5.25 Å². The van der Waals surface area contributed by atoms with Crippen LogP contribution >= 0.6 is 15.9 Å². The van der Waals surface area contributed by atoms with Gasteiger partial charge in [-0.15, -0.1) is 0 Å². The number of nitrogens with two attached hydrogens (primary N) is 1. The van der Waals surface area contributed by atoms with E-state index in [9.17, 15) is 8.42 Å². The summed E-state index contributed by atoms with van der Waals surface area (Å²) in [6.45, 7) is 1.67. The van der Waals surface area contributed by atoms with Crippen LogP contribution in [0.5, 0.6) is 0 Å². The van der Waals surface area contributed by atoms with Crippen LogP contribution in [0.15, 0.2) is 28.7 Å².